The molecule has 20 heavy (non-hydrogen) atoms. The van der Waals surface area contributed by atoms with E-state index in [-0.39, 0.29) is 13.0 Å². The normalized spacial score (nSPS) is 16.3. The van der Waals surface area contributed by atoms with E-state index in [0.717, 1.165) is 0 Å². The molecular formula is C11H23NO8. The number of aliphatic hydroxyl groups is 5. The van der Waals surface area contributed by atoms with Crippen LogP contribution in [0.3, 0.4) is 0 Å². The minimum absolute atomic E-state index is 0.0354. The molecule has 9 nitrogen and oxygen atoms in total. The van der Waals surface area contributed by atoms with Crippen molar-refractivity contribution in [2.24, 2.45) is 0 Å². The third-order valence-electron chi connectivity index (χ3n) is 2.33. The molecule has 0 aromatic carbocycles. The topological polar surface area (TPSA) is 168 Å². The molecule has 0 aliphatic rings. The van der Waals surface area contributed by atoms with Crippen LogP contribution in [0.4, 0.5) is 0 Å². The summed E-state index contributed by atoms with van der Waals surface area (Å²) >= 11 is 0. The number of aliphatic carboxylic acids is 1. The summed E-state index contributed by atoms with van der Waals surface area (Å²) in [6.45, 7) is -0.709. The van der Waals surface area contributed by atoms with Crippen molar-refractivity contribution < 1.29 is 40.2 Å². The lowest BCUT2D eigenvalue weighted by Gasteiger charge is -2.25. The van der Waals surface area contributed by atoms with E-state index in [0.29, 0.717) is 12.7 Å². The Hall–Kier alpha value is -1.10. The summed E-state index contributed by atoms with van der Waals surface area (Å²) in [6.07, 6.45) is -3.60. The molecule has 9 heteroatoms. The first-order valence-electron chi connectivity index (χ1n) is 5.95. The molecule has 0 fully saturated rings. The molecule has 120 valence electrons. The molecule has 0 spiro atoms. The van der Waals surface area contributed by atoms with Gasteiger partial charge < -0.3 is 40.8 Å². The van der Waals surface area contributed by atoms with E-state index >= 15 is 0 Å². The Morgan fingerprint density at radius 2 is 1.75 bits per heavy atom. The van der Waals surface area contributed by atoms with E-state index in [1.54, 1.807) is 0 Å². The van der Waals surface area contributed by atoms with Crippen LogP contribution in [0.2, 0.25) is 0 Å². The van der Waals surface area contributed by atoms with Gasteiger partial charge in [0.05, 0.1) is 12.6 Å². The van der Waals surface area contributed by atoms with Crippen LogP contribution in [0.15, 0.2) is 0 Å². The Bertz CT molecular complexity index is 263. The second-order valence-corrected chi connectivity index (χ2v) is 3.90. The van der Waals surface area contributed by atoms with E-state index in [4.69, 9.17) is 25.5 Å². The van der Waals surface area contributed by atoms with Crippen molar-refractivity contribution in [2.45, 2.75) is 37.2 Å². The maximum atomic E-state index is 10.3. The fourth-order valence-corrected chi connectivity index (χ4v) is 1.10. The fraction of sp³-hybridized carbons (Fsp3) is 0.818. The smallest absolute Gasteiger partial charge is 0.303 e. The zero-order chi connectivity index (χ0) is 16.1. The number of carbonyl (C=O) groups excluding carboxylic acids is 1. The van der Waals surface area contributed by atoms with Gasteiger partial charge in [0, 0.05) is 13.0 Å². The molecule has 0 radical (unpaired) electrons. The van der Waals surface area contributed by atoms with Crippen molar-refractivity contribution in [1.29, 1.82) is 0 Å². The molecule has 0 amide bonds. The zero-order valence-corrected chi connectivity index (χ0v) is 11.2. The molecule has 0 rings (SSSR count). The highest BCUT2D eigenvalue weighted by Crippen LogP contribution is 2.03. The third kappa shape index (κ3) is 9.78. The van der Waals surface area contributed by atoms with Gasteiger partial charge in [-0.25, -0.2) is 0 Å². The van der Waals surface area contributed by atoms with Crippen LogP contribution >= 0.6 is 0 Å². The van der Waals surface area contributed by atoms with Gasteiger partial charge in [0.2, 0.25) is 0 Å². The summed E-state index contributed by atoms with van der Waals surface area (Å²) in [5, 5.41) is 54.2. The molecule has 7 N–H and O–H groups in total. The van der Waals surface area contributed by atoms with Gasteiger partial charge in [-0.1, -0.05) is 0 Å². The van der Waals surface area contributed by atoms with Crippen molar-refractivity contribution in [2.75, 3.05) is 20.3 Å². The van der Waals surface area contributed by atoms with Gasteiger partial charge in [-0.3, -0.25) is 4.79 Å². The van der Waals surface area contributed by atoms with Crippen LogP contribution in [0.25, 0.3) is 0 Å². The molecule has 4 atom stereocenters. The molecule has 0 aliphatic heterocycles. The molecule has 0 saturated heterocycles. The van der Waals surface area contributed by atoms with E-state index < -0.39 is 36.9 Å². The number of hydrogen-bond donors (Lipinski definition) is 7. The van der Waals surface area contributed by atoms with Crippen molar-refractivity contribution in [3.05, 3.63) is 0 Å². The zero-order valence-electron chi connectivity index (χ0n) is 11.2. The number of aldehydes is 1. The van der Waals surface area contributed by atoms with Crippen molar-refractivity contribution in [3.63, 3.8) is 0 Å². The van der Waals surface area contributed by atoms with Gasteiger partial charge in [0.1, 0.15) is 24.6 Å². The van der Waals surface area contributed by atoms with Gasteiger partial charge in [-0.2, -0.15) is 0 Å². The van der Waals surface area contributed by atoms with Crippen LogP contribution in [-0.2, 0) is 9.59 Å². The largest absolute Gasteiger partial charge is 0.481 e. The standard InChI is InChI=1S/C7H15NO5.C4H8O3/c1-8-4(2-9)6(12)7(13)5(11)3-10;5-3-1-2-4(6)7/h2,4-8,10-13H,3H2,1H3;5H,1-3H2,(H,6,7)/t4-,5+,6+,7+;/m0./s1. The second-order valence-electron chi connectivity index (χ2n) is 3.90. The predicted molar refractivity (Wildman–Crippen MR) is 68.0 cm³/mol. The van der Waals surface area contributed by atoms with Crippen molar-refractivity contribution >= 4 is 12.3 Å². The summed E-state index contributed by atoms with van der Waals surface area (Å²) in [5.74, 6) is -0.853. The minimum atomic E-state index is -1.55. The number of likely N-dealkylation sites (N-methyl/N-ethyl adjacent to an activating group) is 1. The molecule has 0 aromatic heterocycles. The molecule has 0 bridgehead atoms. The molecule has 0 aromatic rings. The van der Waals surface area contributed by atoms with Crippen LogP contribution < -0.4 is 5.32 Å². The van der Waals surface area contributed by atoms with E-state index in [1.807, 2.05) is 0 Å². The number of rotatable bonds is 9. The summed E-state index contributed by atoms with van der Waals surface area (Å²) in [6, 6.07) is -0.962. The number of nitrogens with one attached hydrogen (secondary N) is 1. The highest BCUT2D eigenvalue weighted by atomic mass is 16.4. The lowest BCUT2D eigenvalue weighted by Crippen LogP contribution is -2.51. The SMILES string of the molecule is CN[C@@H](C=O)[C@@H](O)[C@H](O)[C@H](O)CO.O=C(O)CCCO. The monoisotopic (exact) mass is 297 g/mol. The maximum absolute atomic E-state index is 10.3. The summed E-state index contributed by atoms with van der Waals surface area (Å²) in [5.41, 5.74) is 0. The molecule has 0 saturated carbocycles. The Kier molecular flexibility index (Phi) is 13.7. The maximum Gasteiger partial charge on any atom is 0.303 e. The van der Waals surface area contributed by atoms with Crippen LogP contribution in [0.1, 0.15) is 12.8 Å². The number of carbonyl (C=O) groups is 2. The number of carboxylic acids is 1. The fourth-order valence-electron chi connectivity index (χ4n) is 1.10. The highest BCUT2D eigenvalue weighted by molar-refractivity contribution is 5.66. The molecule has 0 unspecified atom stereocenters. The van der Waals surface area contributed by atoms with Gasteiger partial charge in [0.15, 0.2) is 0 Å². The molecule has 0 heterocycles. The van der Waals surface area contributed by atoms with Crippen molar-refractivity contribution in [3.8, 4) is 0 Å². The van der Waals surface area contributed by atoms with Crippen LogP contribution in [-0.4, -0.2) is 87.5 Å². The Morgan fingerprint density at radius 3 is 2.00 bits per heavy atom. The van der Waals surface area contributed by atoms with Gasteiger partial charge in [0.25, 0.3) is 0 Å². The highest BCUT2D eigenvalue weighted by Gasteiger charge is 2.29. The van der Waals surface area contributed by atoms with Gasteiger partial charge >= 0.3 is 5.97 Å². The minimum Gasteiger partial charge on any atom is -0.481 e. The van der Waals surface area contributed by atoms with E-state index in [2.05, 4.69) is 5.32 Å². The Labute approximate surface area is 116 Å². The van der Waals surface area contributed by atoms with Crippen LogP contribution in [0.5, 0.6) is 0 Å². The number of aliphatic hydroxyl groups excluding tert-OH is 5. The Balaban J connectivity index is 0. The average Bonchev–Trinajstić information content (AvgIpc) is 2.45. The summed E-state index contributed by atoms with van der Waals surface area (Å²) < 4.78 is 0. The average molecular weight is 297 g/mol. The van der Waals surface area contributed by atoms with Gasteiger partial charge in [-0.15, -0.1) is 0 Å². The first kappa shape index (κ1) is 21.2. The first-order valence-corrected chi connectivity index (χ1v) is 5.95. The van der Waals surface area contributed by atoms with E-state index in [1.165, 1.54) is 7.05 Å². The van der Waals surface area contributed by atoms with Crippen LogP contribution in [0, 0.1) is 0 Å². The first-order chi connectivity index (χ1) is 9.35. The molecular weight excluding hydrogens is 274 g/mol. The Morgan fingerprint density at radius 1 is 1.20 bits per heavy atom. The lowest BCUT2D eigenvalue weighted by atomic mass is 10.0. The summed E-state index contributed by atoms with van der Waals surface area (Å²) in [7, 11) is 1.43. The van der Waals surface area contributed by atoms with Crippen molar-refractivity contribution in [1.82, 2.24) is 5.32 Å². The van der Waals surface area contributed by atoms with Gasteiger partial charge in [-0.05, 0) is 13.5 Å². The number of carboxylic acid groups (broad SMARTS) is 1. The third-order valence-corrected chi connectivity index (χ3v) is 2.33. The lowest BCUT2D eigenvalue weighted by molar-refractivity contribution is -0.137. The predicted octanol–water partition coefficient (Wildman–Crippen LogP) is -3.31. The number of hydrogen-bond acceptors (Lipinski definition) is 8. The second kappa shape index (κ2) is 12.9. The van der Waals surface area contributed by atoms with E-state index in [9.17, 15) is 14.7 Å². The molecule has 0 aliphatic carbocycles. The quantitative estimate of drug-likeness (QED) is 0.215. The summed E-state index contributed by atoms with van der Waals surface area (Å²) in [4.78, 5) is 20.0.